The Labute approximate surface area is 185 Å². The predicted octanol–water partition coefficient (Wildman–Crippen LogP) is 4.51. The number of alkyl halides is 5. The van der Waals surface area contributed by atoms with Gasteiger partial charge in [-0.15, -0.1) is 0 Å². The highest BCUT2D eigenvalue weighted by Gasteiger charge is 2.31. The number of carbonyl (C=O) groups excluding carboxylic acids is 1. The van der Waals surface area contributed by atoms with E-state index < -0.39 is 18.4 Å². The summed E-state index contributed by atoms with van der Waals surface area (Å²) in [5.41, 5.74) is -0.463. The van der Waals surface area contributed by atoms with Gasteiger partial charge in [0.05, 0.1) is 17.1 Å². The molecule has 1 aromatic heterocycles. The van der Waals surface area contributed by atoms with E-state index in [0.29, 0.717) is 44.1 Å². The fourth-order valence-electron chi connectivity index (χ4n) is 3.27. The molecule has 1 aliphatic heterocycles. The molecule has 2 heterocycles. The van der Waals surface area contributed by atoms with Gasteiger partial charge in [-0.05, 0) is 36.8 Å². The third kappa shape index (κ3) is 6.67. The van der Waals surface area contributed by atoms with Gasteiger partial charge >= 0.3 is 12.8 Å². The van der Waals surface area contributed by atoms with Crippen molar-refractivity contribution in [2.24, 2.45) is 0 Å². The van der Waals surface area contributed by atoms with E-state index in [4.69, 9.17) is 11.6 Å². The standard InChI is InChI=1S/C20H20ClF5N4O2/c21-15-10-14(3-4-16(15)32-19(22)23)28-18(31)12-29-6-1-7-30(9-8-29)17-5-2-13(11-27-17)20(24,25)26/h2-5,10-11,19H,1,6-9,12H2,(H,28,31). The lowest BCUT2D eigenvalue weighted by atomic mass is 10.2. The van der Waals surface area contributed by atoms with Gasteiger partial charge < -0.3 is 15.0 Å². The maximum absolute atomic E-state index is 12.7. The maximum atomic E-state index is 12.7. The number of hydrogen-bond acceptors (Lipinski definition) is 5. The van der Waals surface area contributed by atoms with Crippen LogP contribution >= 0.6 is 11.6 Å². The largest absolute Gasteiger partial charge is 0.433 e. The van der Waals surface area contributed by atoms with Gasteiger partial charge in [0.1, 0.15) is 11.6 Å². The van der Waals surface area contributed by atoms with Crippen LogP contribution in [0.1, 0.15) is 12.0 Å². The number of halogens is 6. The van der Waals surface area contributed by atoms with Crippen LogP contribution in [0.3, 0.4) is 0 Å². The minimum absolute atomic E-state index is 0.0578. The van der Waals surface area contributed by atoms with Crippen LogP contribution in [0.25, 0.3) is 0 Å². The fraction of sp³-hybridized carbons (Fsp3) is 0.400. The van der Waals surface area contributed by atoms with Crippen molar-refractivity contribution in [3.8, 4) is 5.75 Å². The predicted molar refractivity (Wildman–Crippen MR) is 109 cm³/mol. The van der Waals surface area contributed by atoms with Gasteiger partial charge in [0, 0.05) is 38.1 Å². The molecule has 0 bridgehead atoms. The molecule has 1 amide bonds. The number of amides is 1. The lowest BCUT2D eigenvalue weighted by Gasteiger charge is -2.23. The molecule has 6 nitrogen and oxygen atoms in total. The Bertz CT molecular complexity index is 927. The molecule has 2 aromatic rings. The van der Waals surface area contributed by atoms with Crippen LogP contribution in [-0.2, 0) is 11.0 Å². The maximum Gasteiger partial charge on any atom is 0.417 e. The van der Waals surface area contributed by atoms with E-state index >= 15 is 0 Å². The normalized spacial score (nSPS) is 15.5. The summed E-state index contributed by atoms with van der Waals surface area (Å²) >= 11 is 5.89. The van der Waals surface area contributed by atoms with Crippen LogP contribution in [0.5, 0.6) is 5.75 Å². The average molecular weight is 479 g/mol. The topological polar surface area (TPSA) is 57.7 Å². The first kappa shape index (κ1) is 24.0. The van der Waals surface area contributed by atoms with Gasteiger partial charge in [-0.2, -0.15) is 22.0 Å². The monoisotopic (exact) mass is 478 g/mol. The van der Waals surface area contributed by atoms with Gasteiger partial charge in [-0.25, -0.2) is 4.98 Å². The fourth-order valence-corrected chi connectivity index (χ4v) is 3.50. The first-order valence-electron chi connectivity index (χ1n) is 9.66. The summed E-state index contributed by atoms with van der Waals surface area (Å²) in [7, 11) is 0. The molecule has 1 aliphatic rings. The van der Waals surface area contributed by atoms with Crippen molar-refractivity contribution >= 4 is 29.0 Å². The Kier molecular flexibility index (Phi) is 7.73. The van der Waals surface area contributed by atoms with Gasteiger partial charge in [0.2, 0.25) is 5.91 Å². The lowest BCUT2D eigenvalue weighted by Crippen LogP contribution is -2.36. The van der Waals surface area contributed by atoms with Gasteiger partial charge in [0.25, 0.3) is 0 Å². The van der Waals surface area contributed by atoms with E-state index in [1.807, 2.05) is 9.80 Å². The van der Waals surface area contributed by atoms with E-state index in [0.717, 1.165) is 12.3 Å². The molecule has 0 radical (unpaired) electrons. The Morgan fingerprint density at radius 1 is 1.16 bits per heavy atom. The zero-order chi connectivity index (χ0) is 23.3. The second-order valence-corrected chi connectivity index (χ2v) is 7.50. The van der Waals surface area contributed by atoms with Crippen LogP contribution < -0.4 is 15.0 Å². The van der Waals surface area contributed by atoms with E-state index in [1.54, 1.807) is 0 Å². The number of anilines is 2. The average Bonchev–Trinajstić information content (AvgIpc) is 2.95. The van der Waals surface area contributed by atoms with Crippen LogP contribution in [0.2, 0.25) is 5.02 Å². The van der Waals surface area contributed by atoms with Crippen LogP contribution in [-0.4, -0.2) is 55.1 Å². The highest BCUT2D eigenvalue weighted by atomic mass is 35.5. The molecular formula is C20H20ClF5N4O2. The minimum atomic E-state index is -4.44. The molecule has 174 valence electrons. The Morgan fingerprint density at radius 2 is 1.94 bits per heavy atom. The minimum Gasteiger partial charge on any atom is -0.433 e. The molecule has 32 heavy (non-hydrogen) atoms. The van der Waals surface area contributed by atoms with E-state index in [2.05, 4.69) is 15.0 Å². The van der Waals surface area contributed by atoms with E-state index in [1.165, 1.54) is 24.3 Å². The van der Waals surface area contributed by atoms with Crippen molar-refractivity contribution in [1.82, 2.24) is 9.88 Å². The van der Waals surface area contributed by atoms with E-state index in [9.17, 15) is 26.7 Å². The Hall–Kier alpha value is -2.66. The number of rotatable bonds is 6. The molecule has 1 saturated heterocycles. The lowest BCUT2D eigenvalue weighted by molar-refractivity contribution is -0.137. The van der Waals surface area contributed by atoms with Crippen molar-refractivity contribution in [3.05, 3.63) is 47.1 Å². The molecule has 1 N–H and O–H groups in total. The smallest absolute Gasteiger partial charge is 0.417 e. The van der Waals surface area contributed by atoms with Crippen molar-refractivity contribution < 1.29 is 31.5 Å². The third-order valence-corrected chi connectivity index (χ3v) is 5.08. The first-order chi connectivity index (χ1) is 15.1. The number of nitrogens with one attached hydrogen (secondary N) is 1. The highest BCUT2D eigenvalue weighted by Crippen LogP contribution is 2.30. The van der Waals surface area contributed by atoms with Crippen LogP contribution in [0, 0.1) is 0 Å². The van der Waals surface area contributed by atoms with Gasteiger partial charge in [-0.3, -0.25) is 9.69 Å². The summed E-state index contributed by atoms with van der Waals surface area (Å²) in [6.07, 6.45) is -2.93. The molecule has 0 unspecified atom stereocenters. The second kappa shape index (κ2) is 10.3. The molecule has 0 spiro atoms. The molecular weight excluding hydrogens is 459 g/mol. The van der Waals surface area contributed by atoms with E-state index in [-0.39, 0.29) is 23.2 Å². The quantitative estimate of drug-likeness (QED) is 0.619. The summed E-state index contributed by atoms with van der Waals surface area (Å²) in [5, 5.41) is 2.60. The number of nitrogens with zero attached hydrogens (tertiary/aromatic N) is 3. The van der Waals surface area contributed by atoms with Crippen molar-refractivity contribution in [1.29, 1.82) is 0 Å². The summed E-state index contributed by atoms with van der Waals surface area (Å²) < 4.78 is 67.0. The number of aromatic nitrogens is 1. The second-order valence-electron chi connectivity index (χ2n) is 7.09. The first-order valence-corrected chi connectivity index (χ1v) is 10.0. The molecule has 3 rings (SSSR count). The molecule has 0 atom stereocenters. The molecule has 0 saturated carbocycles. The Balaban J connectivity index is 1.52. The SMILES string of the molecule is O=C(CN1CCCN(c2ccc(C(F)(F)F)cn2)CC1)Nc1ccc(OC(F)F)c(Cl)c1. The van der Waals surface area contributed by atoms with Gasteiger partial charge in [-0.1, -0.05) is 11.6 Å². The van der Waals surface area contributed by atoms with Crippen molar-refractivity contribution in [2.45, 2.75) is 19.2 Å². The summed E-state index contributed by atoms with van der Waals surface area (Å²) in [4.78, 5) is 20.1. The van der Waals surface area contributed by atoms with Crippen molar-refractivity contribution in [3.63, 3.8) is 0 Å². The summed E-state index contributed by atoms with van der Waals surface area (Å²) in [6, 6.07) is 6.31. The zero-order valence-corrected chi connectivity index (χ0v) is 17.5. The third-order valence-electron chi connectivity index (χ3n) is 4.79. The highest BCUT2D eigenvalue weighted by molar-refractivity contribution is 6.32. The summed E-state index contributed by atoms with van der Waals surface area (Å²) in [6.45, 7) is -0.700. The number of hydrogen-bond donors (Lipinski definition) is 1. The number of benzene rings is 1. The molecule has 12 heteroatoms. The summed E-state index contributed by atoms with van der Waals surface area (Å²) in [5.74, 6) is -0.0566. The number of carbonyl (C=O) groups is 1. The molecule has 0 aliphatic carbocycles. The molecule has 1 fully saturated rings. The molecule has 1 aromatic carbocycles. The van der Waals surface area contributed by atoms with Crippen LogP contribution in [0.4, 0.5) is 33.5 Å². The van der Waals surface area contributed by atoms with Crippen LogP contribution in [0.15, 0.2) is 36.5 Å². The van der Waals surface area contributed by atoms with Gasteiger partial charge in [0.15, 0.2) is 0 Å². The Morgan fingerprint density at radius 3 is 2.56 bits per heavy atom. The number of pyridine rings is 1. The van der Waals surface area contributed by atoms with Crippen molar-refractivity contribution in [2.75, 3.05) is 42.9 Å². The number of ether oxygens (including phenoxy) is 1. The zero-order valence-electron chi connectivity index (χ0n) is 16.7.